The van der Waals surface area contributed by atoms with Crippen LogP contribution in [0.3, 0.4) is 0 Å². The van der Waals surface area contributed by atoms with Gasteiger partial charge >= 0.3 is 0 Å². The Kier molecular flexibility index (Phi) is 4.67. The number of hydrogen-bond donors (Lipinski definition) is 2. The Bertz CT molecular complexity index is 873. The van der Waals surface area contributed by atoms with Crippen LogP contribution >= 0.6 is 11.6 Å². The minimum atomic E-state index is -0.507. The molecule has 3 aromatic rings. The van der Waals surface area contributed by atoms with Crippen LogP contribution in [0, 0.1) is 5.82 Å². The number of aromatic nitrogens is 2. The standard InChI is InChI=1S/C17H12ClFN4O/c18-13-8-12(6-7-14(13)19)22-16-9-15(20-10-21-16)17(24)23-11-4-2-1-3-5-11/h1-10H,(H,23,24)(H,20,21,22). The molecule has 3 rings (SSSR count). The Morgan fingerprint density at radius 1 is 1.00 bits per heavy atom. The first-order valence-electron chi connectivity index (χ1n) is 7.02. The van der Waals surface area contributed by atoms with E-state index in [1.807, 2.05) is 18.2 Å². The van der Waals surface area contributed by atoms with Crippen LogP contribution < -0.4 is 10.6 Å². The van der Waals surface area contributed by atoms with E-state index in [4.69, 9.17) is 11.6 Å². The van der Waals surface area contributed by atoms with Gasteiger partial charge in [-0.05, 0) is 30.3 Å². The first-order chi connectivity index (χ1) is 11.6. The second-order valence-corrected chi connectivity index (χ2v) is 5.27. The lowest BCUT2D eigenvalue weighted by Gasteiger charge is -2.08. The second kappa shape index (κ2) is 7.06. The van der Waals surface area contributed by atoms with Gasteiger partial charge in [-0.25, -0.2) is 14.4 Å². The van der Waals surface area contributed by atoms with Crippen LogP contribution in [0.25, 0.3) is 0 Å². The van der Waals surface area contributed by atoms with Crippen molar-refractivity contribution in [3.05, 3.63) is 77.5 Å². The zero-order chi connectivity index (χ0) is 16.9. The number of hydrogen-bond acceptors (Lipinski definition) is 4. The maximum absolute atomic E-state index is 13.2. The molecule has 0 bridgehead atoms. The lowest BCUT2D eigenvalue weighted by molar-refractivity contribution is 0.102. The summed E-state index contributed by atoms with van der Waals surface area (Å²) in [5.74, 6) is -0.470. The van der Waals surface area contributed by atoms with Crippen molar-refractivity contribution in [3.63, 3.8) is 0 Å². The molecule has 0 aliphatic rings. The second-order valence-electron chi connectivity index (χ2n) is 4.86. The molecule has 0 unspecified atom stereocenters. The lowest BCUT2D eigenvalue weighted by atomic mass is 10.3. The first-order valence-corrected chi connectivity index (χ1v) is 7.40. The maximum atomic E-state index is 13.2. The van der Waals surface area contributed by atoms with Crippen molar-refractivity contribution in [1.29, 1.82) is 0 Å². The molecule has 1 heterocycles. The average molecular weight is 343 g/mol. The highest BCUT2D eigenvalue weighted by atomic mass is 35.5. The highest BCUT2D eigenvalue weighted by Gasteiger charge is 2.10. The van der Waals surface area contributed by atoms with Crippen molar-refractivity contribution in [1.82, 2.24) is 9.97 Å². The summed E-state index contributed by atoms with van der Waals surface area (Å²) in [7, 11) is 0. The predicted molar refractivity (Wildman–Crippen MR) is 91.1 cm³/mol. The van der Waals surface area contributed by atoms with Crippen LogP contribution in [0.15, 0.2) is 60.9 Å². The smallest absolute Gasteiger partial charge is 0.274 e. The Hall–Kier alpha value is -2.99. The van der Waals surface area contributed by atoms with Gasteiger partial charge in [-0.15, -0.1) is 0 Å². The zero-order valence-corrected chi connectivity index (χ0v) is 13.1. The minimum absolute atomic E-state index is 0.00361. The molecule has 0 saturated heterocycles. The predicted octanol–water partition coefficient (Wildman–Crippen LogP) is 4.27. The fourth-order valence-corrected chi connectivity index (χ4v) is 2.17. The van der Waals surface area contributed by atoms with Gasteiger partial charge in [-0.2, -0.15) is 0 Å². The van der Waals surface area contributed by atoms with Gasteiger partial charge in [0.15, 0.2) is 0 Å². The molecule has 5 nitrogen and oxygen atoms in total. The number of nitrogens with zero attached hydrogens (tertiary/aromatic N) is 2. The molecule has 0 radical (unpaired) electrons. The molecule has 0 fully saturated rings. The number of nitrogens with one attached hydrogen (secondary N) is 2. The molecule has 7 heteroatoms. The summed E-state index contributed by atoms with van der Waals surface area (Å²) in [5.41, 5.74) is 1.42. The van der Waals surface area contributed by atoms with Crippen LogP contribution in [0.5, 0.6) is 0 Å². The highest BCUT2D eigenvalue weighted by Crippen LogP contribution is 2.22. The van der Waals surface area contributed by atoms with Crippen LogP contribution in [0.1, 0.15) is 10.5 Å². The van der Waals surface area contributed by atoms with E-state index in [9.17, 15) is 9.18 Å². The van der Waals surface area contributed by atoms with Gasteiger partial charge in [0.05, 0.1) is 5.02 Å². The van der Waals surface area contributed by atoms with Crippen molar-refractivity contribution in [2.24, 2.45) is 0 Å². The summed E-state index contributed by atoms with van der Waals surface area (Å²) >= 11 is 5.74. The normalized spacial score (nSPS) is 10.2. The highest BCUT2D eigenvalue weighted by molar-refractivity contribution is 6.31. The molecule has 1 aromatic heterocycles. The van der Waals surface area contributed by atoms with Gasteiger partial charge in [0.1, 0.15) is 23.7 Å². The average Bonchev–Trinajstić information content (AvgIpc) is 2.59. The number of amides is 1. The SMILES string of the molecule is O=C(Nc1ccccc1)c1cc(Nc2ccc(F)c(Cl)c2)ncn1. The third-order valence-corrected chi connectivity index (χ3v) is 3.41. The van der Waals surface area contributed by atoms with Crippen molar-refractivity contribution >= 4 is 34.7 Å². The number of carbonyl (C=O) groups is 1. The van der Waals surface area contributed by atoms with Gasteiger partial charge in [-0.3, -0.25) is 4.79 Å². The molecule has 0 spiro atoms. The van der Waals surface area contributed by atoms with Crippen LogP contribution in [0.2, 0.25) is 5.02 Å². The Labute approximate surface area is 142 Å². The van der Waals surface area contributed by atoms with E-state index < -0.39 is 5.82 Å². The molecule has 0 aliphatic carbocycles. The van der Waals surface area contributed by atoms with E-state index in [1.54, 1.807) is 12.1 Å². The van der Waals surface area contributed by atoms with Crippen LogP contribution in [0.4, 0.5) is 21.6 Å². The lowest BCUT2D eigenvalue weighted by Crippen LogP contribution is -2.14. The summed E-state index contributed by atoms with van der Waals surface area (Å²) < 4.78 is 13.2. The quantitative estimate of drug-likeness (QED) is 0.743. The maximum Gasteiger partial charge on any atom is 0.274 e. The summed E-state index contributed by atoms with van der Waals surface area (Å²) in [6, 6.07) is 14.7. The number of halogens is 2. The van der Waals surface area contributed by atoms with Crippen molar-refractivity contribution in [3.8, 4) is 0 Å². The number of anilines is 3. The molecule has 0 aliphatic heterocycles. The molecular weight excluding hydrogens is 331 g/mol. The molecule has 0 saturated carbocycles. The van der Waals surface area contributed by atoms with Crippen LogP contribution in [-0.2, 0) is 0 Å². The van der Waals surface area contributed by atoms with Gasteiger partial charge in [0.2, 0.25) is 0 Å². The van der Waals surface area contributed by atoms with E-state index >= 15 is 0 Å². The van der Waals surface area contributed by atoms with E-state index in [-0.39, 0.29) is 16.6 Å². The largest absolute Gasteiger partial charge is 0.340 e. The van der Waals surface area contributed by atoms with E-state index in [2.05, 4.69) is 20.6 Å². The first kappa shape index (κ1) is 15.9. The number of rotatable bonds is 4. The molecule has 120 valence electrons. The van der Waals surface area contributed by atoms with Crippen molar-refractivity contribution < 1.29 is 9.18 Å². The van der Waals surface area contributed by atoms with Crippen molar-refractivity contribution in [2.45, 2.75) is 0 Å². The number of carbonyl (C=O) groups excluding carboxylic acids is 1. The molecule has 2 aromatic carbocycles. The third kappa shape index (κ3) is 3.85. The van der Waals surface area contributed by atoms with Crippen LogP contribution in [-0.4, -0.2) is 15.9 Å². The summed E-state index contributed by atoms with van der Waals surface area (Å²) in [6.07, 6.45) is 1.27. The van der Waals surface area contributed by atoms with E-state index in [0.717, 1.165) is 0 Å². The Morgan fingerprint density at radius 2 is 1.79 bits per heavy atom. The number of para-hydroxylation sites is 1. The van der Waals surface area contributed by atoms with E-state index in [0.29, 0.717) is 17.2 Å². The van der Waals surface area contributed by atoms with Gasteiger partial charge < -0.3 is 10.6 Å². The zero-order valence-electron chi connectivity index (χ0n) is 12.3. The molecule has 2 N–H and O–H groups in total. The van der Waals surface area contributed by atoms with E-state index in [1.165, 1.54) is 30.6 Å². The molecule has 0 atom stereocenters. The minimum Gasteiger partial charge on any atom is -0.340 e. The fraction of sp³-hybridized carbons (Fsp3) is 0. The fourth-order valence-electron chi connectivity index (χ4n) is 1.99. The molecular formula is C17H12ClFN4O. The topological polar surface area (TPSA) is 66.9 Å². The Morgan fingerprint density at radius 3 is 2.54 bits per heavy atom. The third-order valence-electron chi connectivity index (χ3n) is 3.12. The van der Waals surface area contributed by atoms with Crippen molar-refractivity contribution in [2.75, 3.05) is 10.6 Å². The van der Waals surface area contributed by atoms with Gasteiger partial charge in [-0.1, -0.05) is 29.8 Å². The summed E-state index contributed by atoms with van der Waals surface area (Å²) in [5, 5.41) is 5.68. The van der Waals surface area contributed by atoms with Gasteiger partial charge in [0.25, 0.3) is 5.91 Å². The summed E-state index contributed by atoms with van der Waals surface area (Å²) in [4.78, 5) is 20.2. The Balaban J connectivity index is 1.76. The molecule has 1 amide bonds. The number of benzene rings is 2. The molecule has 24 heavy (non-hydrogen) atoms. The summed E-state index contributed by atoms with van der Waals surface area (Å²) in [6.45, 7) is 0. The van der Waals surface area contributed by atoms with Gasteiger partial charge in [0, 0.05) is 17.4 Å². The monoisotopic (exact) mass is 342 g/mol.